The first-order chi connectivity index (χ1) is 9.51. The van der Waals surface area contributed by atoms with Gasteiger partial charge in [0.05, 0.1) is 0 Å². The average Bonchev–Trinajstić information content (AvgIpc) is 2.85. The number of nitrogens with two attached hydrogens (primary N) is 1. The van der Waals surface area contributed by atoms with Crippen LogP contribution in [0.1, 0.15) is 55.1 Å². The van der Waals surface area contributed by atoms with Gasteiger partial charge >= 0.3 is 0 Å². The second-order valence-corrected chi connectivity index (χ2v) is 6.72. The molecule has 2 atom stereocenters. The molecule has 0 aromatic carbocycles. The summed E-state index contributed by atoms with van der Waals surface area (Å²) in [5, 5.41) is 3.68. The molecule has 1 heterocycles. The lowest BCUT2D eigenvalue weighted by Gasteiger charge is -2.19. The van der Waals surface area contributed by atoms with Crippen molar-refractivity contribution in [1.29, 1.82) is 0 Å². The Bertz CT molecular complexity index is 490. The minimum absolute atomic E-state index is 0.0352. The monoisotopic (exact) mass is 293 g/mol. The Balaban J connectivity index is 2.13. The maximum absolute atomic E-state index is 12.4. The van der Waals surface area contributed by atoms with E-state index in [-0.39, 0.29) is 17.9 Å². The molecule has 0 spiro atoms. The molecule has 2 unspecified atom stereocenters. The molecule has 0 aliphatic heterocycles. The van der Waals surface area contributed by atoms with Gasteiger partial charge in [-0.15, -0.1) is 0 Å². The largest absolute Gasteiger partial charge is 0.384 e. The Morgan fingerprint density at radius 2 is 2.20 bits per heavy atom. The first-order valence-electron chi connectivity index (χ1n) is 7.12. The highest BCUT2D eigenvalue weighted by molar-refractivity contribution is 7.99. The fraction of sp³-hybridized carbons (Fsp3) is 0.600. The van der Waals surface area contributed by atoms with Crippen molar-refractivity contribution in [2.24, 2.45) is 0 Å². The third-order valence-corrected chi connectivity index (χ3v) is 4.96. The molecular weight excluding hydrogens is 270 g/mol. The van der Waals surface area contributed by atoms with E-state index in [1.165, 1.54) is 12.8 Å². The van der Waals surface area contributed by atoms with E-state index in [1.54, 1.807) is 6.07 Å². The second-order valence-electron chi connectivity index (χ2n) is 5.65. The van der Waals surface area contributed by atoms with Crippen LogP contribution >= 0.6 is 11.8 Å². The van der Waals surface area contributed by atoms with Gasteiger partial charge in [-0.25, -0.2) is 4.98 Å². The smallest absolute Gasteiger partial charge is 0.251 e. The van der Waals surface area contributed by atoms with E-state index in [9.17, 15) is 4.79 Å². The van der Waals surface area contributed by atoms with Gasteiger partial charge < -0.3 is 11.1 Å². The Labute approximate surface area is 124 Å². The summed E-state index contributed by atoms with van der Waals surface area (Å²) in [6, 6.07) is 3.78. The molecule has 0 radical (unpaired) electrons. The van der Waals surface area contributed by atoms with E-state index in [2.05, 4.69) is 16.6 Å². The van der Waals surface area contributed by atoms with E-state index in [1.807, 2.05) is 31.7 Å². The number of pyridine rings is 1. The summed E-state index contributed by atoms with van der Waals surface area (Å²) in [7, 11) is 0. The quantitative estimate of drug-likeness (QED) is 0.895. The molecule has 1 aliphatic carbocycles. The summed E-state index contributed by atoms with van der Waals surface area (Å²) in [6.07, 6.45) is 5.54. The van der Waals surface area contributed by atoms with E-state index < -0.39 is 0 Å². The predicted molar refractivity (Wildman–Crippen MR) is 85.1 cm³/mol. The van der Waals surface area contributed by atoms with Crippen molar-refractivity contribution in [2.45, 2.75) is 50.3 Å². The molecule has 1 fully saturated rings. The molecule has 0 bridgehead atoms. The van der Waals surface area contributed by atoms with Crippen LogP contribution in [0, 0.1) is 0 Å². The average molecular weight is 293 g/mol. The minimum atomic E-state index is -0.0352. The first-order valence-corrected chi connectivity index (χ1v) is 8.41. The Morgan fingerprint density at radius 1 is 1.45 bits per heavy atom. The summed E-state index contributed by atoms with van der Waals surface area (Å²) < 4.78 is 0. The summed E-state index contributed by atoms with van der Waals surface area (Å²) >= 11 is 1.84. The first kappa shape index (κ1) is 15.2. The number of hydrogen-bond acceptors (Lipinski definition) is 4. The lowest BCUT2D eigenvalue weighted by molar-refractivity contribution is 0.0938. The van der Waals surface area contributed by atoms with Gasteiger partial charge in [0.2, 0.25) is 0 Å². The zero-order valence-electron chi connectivity index (χ0n) is 12.3. The Morgan fingerprint density at radius 3 is 2.85 bits per heavy atom. The SMILES string of the molecule is CSC1CCCC1NC(=O)c1cc(N)nc(C(C)C)c1. The van der Waals surface area contributed by atoms with Crippen LogP contribution in [0.15, 0.2) is 12.1 Å². The predicted octanol–water partition coefficient (Wildman–Crippen LogP) is 2.80. The number of nitrogens with one attached hydrogen (secondary N) is 1. The number of rotatable bonds is 4. The van der Waals surface area contributed by atoms with Gasteiger partial charge in [0.1, 0.15) is 5.82 Å². The fourth-order valence-corrected chi connectivity index (χ4v) is 3.56. The van der Waals surface area contributed by atoms with Crippen LogP contribution in [0.25, 0.3) is 0 Å². The van der Waals surface area contributed by atoms with Gasteiger partial charge in [0.25, 0.3) is 5.91 Å². The molecular formula is C15H23N3OS. The van der Waals surface area contributed by atoms with Gasteiger partial charge in [0.15, 0.2) is 0 Å². The van der Waals surface area contributed by atoms with E-state index in [0.717, 1.165) is 12.1 Å². The maximum Gasteiger partial charge on any atom is 0.251 e. The van der Waals surface area contributed by atoms with Crippen molar-refractivity contribution in [1.82, 2.24) is 10.3 Å². The highest BCUT2D eigenvalue weighted by atomic mass is 32.2. The molecule has 1 saturated carbocycles. The summed E-state index contributed by atoms with van der Waals surface area (Å²) in [6.45, 7) is 4.09. The molecule has 2 rings (SSSR count). The fourth-order valence-electron chi connectivity index (χ4n) is 2.63. The standard InChI is InChI=1S/C15H23N3OS/c1-9(2)12-7-10(8-14(16)17-12)15(19)18-11-5-4-6-13(11)20-3/h7-9,11,13H,4-6H2,1-3H3,(H2,16,17)(H,18,19). The van der Waals surface area contributed by atoms with Crippen molar-refractivity contribution in [3.05, 3.63) is 23.4 Å². The van der Waals surface area contributed by atoms with Crippen molar-refractivity contribution in [3.8, 4) is 0 Å². The van der Waals surface area contributed by atoms with Gasteiger partial charge in [-0.05, 0) is 37.1 Å². The minimum Gasteiger partial charge on any atom is -0.384 e. The van der Waals surface area contributed by atoms with E-state index >= 15 is 0 Å². The van der Waals surface area contributed by atoms with Crippen LogP contribution < -0.4 is 11.1 Å². The molecule has 4 nitrogen and oxygen atoms in total. The number of amides is 1. The number of nitrogen functional groups attached to an aromatic ring is 1. The van der Waals surface area contributed by atoms with Crippen molar-refractivity contribution < 1.29 is 4.79 Å². The Hall–Kier alpha value is -1.23. The van der Waals surface area contributed by atoms with Crippen molar-refractivity contribution in [2.75, 3.05) is 12.0 Å². The van der Waals surface area contributed by atoms with Gasteiger partial charge in [-0.2, -0.15) is 11.8 Å². The third-order valence-electron chi connectivity index (χ3n) is 3.79. The molecule has 20 heavy (non-hydrogen) atoms. The molecule has 0 saturated heterocycles. The molecule has 1 aromatic heterocycles. The zero-order valence-corrected chi connectivity index (χ0v) is 13.2. The number of thioether (sulfide) groups is 1. The van der Waals surface area contributed by atoms with Gasteiger partial charge in [0, 0.05) is 22.5 Å². The number of carbonyl (C=O) groups excluding carboxylic acids is 1. The molecule has 1 aromatic rings. The number of nitrogens with zero attached hydrogens (tertiary/aromatic N) is 1. The van der Waals surface area contributed by atoms with Gasteiger partial charge in [-0.1, -0.05) is 20.3 Å². The normalized spacial score (nSPS) is 22.2. The zero-order chi connectivity index (χ0) is 14.7. The lowest BCUT2D eigenvalue weighted by atomic mass is 10.1. The molecule has 5 heteroatoms. The van der Waals surface area contributed by atoms with Gasteiger partial charge in [-0.3, -0.25) is 4.79 Å². The van der Waals surface area contributed by atoms with Crippen LogP contribution in [0.4, 0.5) is 5.82 Å². The molecule has 3 N–H and O–H groups in total. The van der Waals surface area contributed by atoms with Crippen LogP contribution in [0.3, 0.4) is 0 Å². The second kappa shape index (κ2) is 6.48. The van der Waals surface area contributed by atoms with Crippen LogP contribution in [0.5, 0.6) is 0 Å². The highest BCUT2D eigenvalue weighted by Crippen LogP contribution is 2.28. The topological polar surface area (TPSA) is 68.0 Å². The van der Waals surface area contributed by atoms with E-state index in [0.29, 0.717) is 16.6 Å². The number of carbonyl (C=O) groups is 1. The Kier molecular flexibility index (Phi) is 4.91. The summed E-state index contributed by atoms with van der Waals surface area (Å²) in [5.74, 6) is 0.636. The lowest BCUT2D eigenvalue weighted by Crippen LogP contribution is -2.38. The van der Waals surface area contributed by atoms with Crippen molar-refractivity contribution >= 4 is 23.5 Å². The third kappa shape index (κ3) is 3.45. The summed E-state index contributed by atoms with van der Waals surface area (Å²) in [5.41, 5.74) is 7.28. The molecule has 1 aliphatic rings. The number of anilines is 1. The van der Waals surface area contributed by atoms with Crippen LogP contribution in [0.2, 0.25) is 0 Å². The maximum atomic E-state index is 12.4. The molecule has 110 valence electrons. The van der Waals surface area contributed by atoms with E-state index in [4.69, 9.17) is 5.73 Å². The van der Waals surface area contributed by atoms with Crippen LogP contribution in [-0.2, 0) is 0 Å². The van der Waals surface area contributed by atoms with Crippen LogP contribution in [-0.4, -0.2) is 28.4 Å². The van der Waals surface area contributed by atoms with Crippen molar-refractivity contribution in [3.63, 3.8) is 0 Å². The number of hydrogen-bond donors (Lipinski definition) is 2. The highest BCUT2D eigenvalue weighted by Gasteiger charge is 2.28. The summed E-state index contributed by atoms with van der Waals surface area (Å²) in [4.78, 5) is 16.7. The molecule has 1 amide bonds. The number of aromatic nitrogens is 1.